The Labute approximate surface area is 112 Å². The van der Waals surface area contributed by atoms with Crippen molar-refractivity contribution in [2.75, 3.05) is 25.7 Å². The van der Waals surface area contributed by atoms with E-state index in [0.29, 0.717) is 25.9 Å². The van der Waals surface area contributed by atoms with Crippen LogP contribution in [0.1, 0.15) is 19.3 Å². The minimum atomic E-state index is -1.04. The van der Waals surface area contributed by atoms with Crippen LogP contribution in [0.3, 0.4) is 0 Å². The highest BCUT2D eigenvalue weighted by Crippen LogP contribution is 2.02. The molecule has 7 heteroatoms. The van der Waals surface area contributed by atoms with Crippen molar-refractivity contribution >= 4 is 23.6 Å². The van der Waals surface area contributed by atoms with E-state index >= 15 is 0 Å². The fourth-order valence-electron chi connectivity index (χ4n) is 1.34. The first-order chi connectivity index (χ1) is 8.52. The summed E-state index contributed by atoms with van der Waals surface area (Å²) in [5, 5.41) is 11.4. The smallest absolute Gasteiger partial charge is 0.326 e. The lowest BCUT2D eigenvalue weighted by Gasteiger charge is -2.17. The summed E-state index contributed by atoms with van der Waals surface area (Å²) in [5.41, 5.74) is 5.66. The van der Waals surface area contributed by atoms with Crippen molar-refractivity contribution in [3.05, 3.63) is 0 Å². The third-order valence-electron chi connectivity index (χ3n) is 2.43. The zero-order valence-electron chi connectivity index (χ0n) is 10.8. The molecular weight excluding hydrogens is 256 g/mol. The molecule has 0 heterocycles. The minimum absolute atomic E-state index is 0.337. The maximum atomic E-state index is 11.7. The van der Waals surface area contributed by atoms with Crippen molar-refractivity contribution in [2.24, 2.45) is 5.73 Å². The Hall–Kier alpha value is -0.790. The zero-order chi connectivity index (χ0) is 14.0. The van der Waals surface area contributed by atoms with E-state index in [-0.39, 0.29) is 0 Å². The Morgan fingerprint density at radius 3 is 2.61 bits per heavy atom. The van der Waals surface area contributed by atoms with E-state index in [1.54, 1.807) is 18.9 Å². The Bertz CT molecular complexity index is 263. The summed E-state index contributed by atoms with van der Waals surface area (Å²) in [5.74, 6) is -0.680. The topological polar surface area (TPSA) is 102 Å². The first kappa shape index (κ1) is 17.2. The molecule has 0 saturated carbocycles. The van der Waals surface area contributed by atoms with Gasteiger partial charge in [0.05, 0.1) is 6.04 Å². The van der Waals surface area contributed by atoms with Crippen molar-refractivity contribution in [2.45, 2.75) is 31.3 Å². The van der Waals surface area contributed by atoms with E-state index in [9.17, 15) is 9.59 Å². The number of carboxylic acids is 1. The number of amides is 1. The average molecular weight is 278 g/mol. The van der Waals surface area contributed by atoms with Gasteiger partial charge in [-0.15, -0.1) is 0 Å². The third kappa shape index (κ3) is 7.52. The molecule has 0 aliphatic carbocycles. The molecule has 0 aromatic carbocycles. The second kappa shape index (κ2) is 10.2. The number of ether oxygens (including phenoxy) is 1. The molecule has 106 valence electrons. The third-order valence-corrected chi connectivity index (χ3v) is 3.07. The number of carboxylic acid groups (broad SMARTS) is 1. The summed E-state index contributed by atoms with van der Waals surface area (Å²) in [7, 11) is 1.55. The molecule has 0 saturated heterocycles. The molecule has 0 spiro atoms. The predicted octanol–water partition coefficient (Wildman–Crippen LogP) is 0.0628. The van der Waals surface area contributed by atoms with Crippen LogP contribution in [0, 0.1) is 0 Å². The molecule has 0 aliphatic rings. The Morgan fingerprint density at radius 2 is 2.11 bits per heavy atom. The molecular formula is C11H22N2O4S. The summed E-state index contributed by atoms with van der Waals surface area (Å²) >= 11 is 1.60. The van der Waals surface area contributed by atoms with Crippen molar-refractivity contribution in [1.29, 1.82) is 0 Å². The molecule has 0 aromatic rings. The lowest BCUT2D eigenvalue weighted by atomic mass is 10.1. The number of aliphatic carboxylic acids is 1. The van der Waals surface area contributed by atoms with Crippen LogP contribution in [-0.2, 0) is 14.3 Å². The van der Waals surface area contributed by atoms with E-state index in [2.05, 4.69) is 5.32 Å². The largest absolute Gasteiger partial charge is 0.480 e. The fraction of sp³-hybridized carbons (Fsp3) is 0.818. The summed E-state index contributed by atoms with van der Waals surface area (Å²) in [4.78, 5) is 22.6. The molecule has 0 fully saturated rings. The van der Waals surface area contributed by atoms with Crippen LogP contribution in [0.15, 0.2) is 0 Å². The Balaban J connectivity index is 4.14. The highest BCUT2D eigenvalue weighted by atomic mass is 32.2. The van der Waals surface area contributed by atoms with Gasteiger partial charge in [-0.1, -0.05) is 0 Å². The second-order valence-electron chi connectivity index (χ2n) is 3.92. The van der Waals surface area contributed by atoms with Crippen LogP contribution in [0.5, 0.6) is 0 Å². The van der Waals surface area contributed by atoms with Crippen LogP contribution in [0.2, 0.25) is 0 Å². The van der Waals surface area contributed by atoms with Crippen LogP contribution < -0.4 is 11.1 Å². The zero-order valence-corrected chi connectivity index (χ0v) is 11.7. The summed E-state index contributed by atoms with van der Waals surface area (Å²) < 4.78 is 4.84. The fourth-order valence-corrected chi connectivity index (χ4v) is 1.83. The molecule has 0 radical (unpaired) electrons. The van der Waals surface area contributed by atoms with Crippen molar-refractivity contribution in [1.82, 2.24) is 5.32 Å². The van der Waals surface area contributed by atoms with Crippen molar-refractivity contribution in [3.8, 4) is 0 Å². The SMILES string of the molecule is COCCCC(NC(=O)[C@H](N)CCSC)C(=O)O. The number of hydrogen-bond acceptors (Lipinski definition) is 5. The summed E-state index contributed by atoms with van der Waals surface area (Å²) in [6.45, 7) is 0.470. The van der Waals surface area contributed by atoms with E-state index in [0.717, 1.165) is 5.75 Å². The molecule has 0 rings (SSSR count). The van der Waals surface area contributed by atoms with Gasteiger partial charge in [0.1, 0.15) is 6.04 Å². The number of carbonyl (C=O) groups is 2. The van der Waals surface area contributed by atoms with Crippen LogP contribution in [0.25, 0.3) is 0 Å². The number of hydrogen-bond donors (Lipinski definition) is 3. The molecule has 1 amide bonds. The van der Waals surface area contributed by atoms with E-state index < -0.39 is 24.0 Å². The molecule has 6 nitrogen and oxygen atoms in total. The average Bonchev–Trinajstić information content (AvgIpc) is 2.34. The highest BCUT2D eigenvalue weighted by Gasteiger charge is 2.22. The molecule has 18 heavy (non-hydrogen) atoms. The number of nitrogens with one attached hydrogen (secondary N) is 1. The number of nitrogens with two attached hydrogens (primary N) is 1. The lowest BCUT2D eigenvalue weighted by Crippen LogP contribution is -2.48. The van der Waals surface area contributed by atoms with Gasteiger partial charge in [0.2, 0.25) is 5.91 Å². The molecule has 0 aliphatic heterocycles. The molecule has 0 aromatic heterocycles. The van der Waals surface area contributed by atoms with Gasteiger partial charge in [0.15, 0.2) is 0 Å². The van der Waals surface area contributed by atoms with E-state index in [1.165, 1.54) is 0 Å². The monoisotopic (exact) mass is 278 g/mol. The van der Waals surface area contributed by atoms with Crippen LogP contribution >= 0.6 is 11.8 Å². The highest BCUT2D eigenvalue weighted by molar-refractivity contribution is 7.98. The number of rotatable bonds is 10. The predicted molar refractivity (Wildman–Crippen MR) is 71.7 cm³/mol. The molecule has 0 bridgehead atoms. The van der Waals surface area contributed by atoms with E-state index in [4.69, 9.17) is 15.6 Å². The van der Waals surface area contributed by atoms with Gasteiger partial charge >= 0.3 is 5.97 Å². The van der Waals surface area contributed by atoms with Crippen molar-refractivity contribution in [3.63, 3.8) is 0 Å². The molecule has 1 unspecified atom stereocenters. The normalized spacial score (nSPS) is 13.9. The van der Waals surface area contributed by atoms with Gasteiger partial charge in [-0.3, -0.25) is 4.79 Å². The second-order valence-corrected chi connectivity index (χ2v) is 4.91. The maximum Gasteiger partial charge on any atom is 0.326 e. The van der Waals surface area contributed by atoms with Gasteiger partial charge in [-0.05, 0) is 31.3 Å². The standard InChI is InChI=1S/C11H22N2O4S/c1-17-6-3-4-9(11(15)16)13-10(14)8(12)5-7-18-2/h8-9H,3-7,12H2,1-2H3,(H,13,14)(H,15,16)/t8-,9?/m1/s1. The summed E-state index contributed by atoms with van der Waals surface area (Å²) in [6, 6.07) is -1.55. The number of methoxy groups -OCH3 is 1. The Morgan fingerprint density at radius 1 is 1.44 bits per heavy atom. The molecule has 2 atom stereocenters. The van der Waals surface area contributed by atoms with Gasteiger partial charge in [-0.25, -0.2) is 4.79 Å². The quantitative estimate of drug-likeness (QED) is 0.489. The number of carbonyl (C=O) groups excluding carboxylic acids is 1. The van der Waals surface area contributed by atoms with Crippen molar-refractivity contribution < 1.29 is 19.4 Å². The van der Waals surface area contributed by atoms with Gasteiger partial charge in [0, 0.05) is 13.7 Å². The Kier molecular flexibility index (Phi) is 9.72. The van der Waals surface area contributed by atoms with Crippen LogP contribution in [-0.4, -0.2) is 54.8 Å². The molecule has 4 N–H and O–H groups in total. The van der Waals surface area contributed by atoms with Gasteiger partial charge < -0.3 is 20.9 Å². The summed E-state index contributed by atoms with van der Waals surface area (Å²) in [6.07, 6.45) is 3.38. The van der Waals surface area contributed by atoms with Gasteiger partial charge in [-0.2, -0.15) is 11.8 Å². The minimum Gasteiger partial charge on any atom is -0.480 e. The number of thioether (sulfide) groups is 1. The van der Waals surface area contributed by atoms with Crippen LogP contribution in [0.4, 0.5) is 0 Å². The van der Waals surface area contributed by atoms with E-state index in [1.807, 2.05) is 6.26 Å². The first-order valence-electron chi connectivity index (χ1n) is 5.79. The maximum absolute atomic E-state index is 11.7. The first-order valence-corrected chi connectivity index (χ1v) is 7.19. The lowest BCUT2D eigenvalue weighted by molar-refractivity contribution is -0.142. The van der Waals surface area contributed by atoms with Gasteiger partial charge in [0.25, 0.3) is 0 Å².